The van der Waals surface area contributed by atoms with E-state index in [9.17, 15) is 4.79 Å². The third kappa shape index (κ3) is 5.75. The summed E-state index contributed by atoms with van der Waals surface area (Å²) in [4.78, 5) is 13.6. The fourth-order valence-corrected chi connectivity index (χ4v) is 2.38. The molecule has 0 radical (unpaired) electrons. The summed E-state index contributed by atoms with van der Waals surface area (Å²) < 4.78 is 0. The first-order chi connectivity index (χ1) is 7.97. The van der Waals surface area contributed by atoms with Crippen molar-refractivity contribution in [1.82, 2.24) is 4.90 Å². The Morgan fingerprint density at radius 1 is 1.35 bits per heavy atom. The molecule has 0 bridgehead atoms. The van der Waals surface area contributed by atoms with Crippen LogP contribution in [0.5, 0.6) is 0 Å². The molecule has 4 heteroatoms. The molecule has 0 unspecified atom stereocenters. The van der Waals surface area contributed by atoms with E-state index >= 15 is 0 Å². The molecule has 0 atom stereocenters. The van der Waals surface area contributed by atoms with Crippen molar-refractivity contribution in [2.45, 2.75) is 30.5 Å². The van der Waals surface area contributed by atoms with Crippen LogP contribution in [0.15, 0.2) is 29.2 Å². The zero-order chi connectivity index (χ0) is 12.8. The minimum Gasteiger partial charge on any atom is -0.480 e. The first kappa shape index (κ1) is 14.1. The third-order valence-corrected chi connectivity index (χ3v) is 3.17. The third-order valence-electron chi connectivity index (χ3n) is 2.15. The lowest BCUT2D eigenvalue weighted by molar-refractivity contribution is -0.138. The Balaban J connectivity index is 2.53. The monoisotopic (exact) mass is 253 g/mol. The molecule has 0 fully saturated rings. The molecule has 0 aliphatic rings. The molecule has 17 heavy (non-hydrogen) atoms. The van der Waals surface area contributed by atoms with E-state index < -0.39 is 5.97 Å². The number of carboxylic acid groups (broad SMARTS) is 1. The number of likely N-dealkylation sites (N-methyl/N-ethyl adjacent to an activating group) is 1. The second kappa shape index (κ2) is 6.67. The van der Waals surface area contributed by atoms with E-state index in [0.717, 1.165) is 5.56 Å². The molecule has 1 N–H and O–H groups in total. The average molecular weight is 253 g/mol. The molecule has 0 aromatic heterocycles. The van der Waals surface area contributed by atoms with Gasteiger partial charge >= 0.3 is 5.97 Å². The normalized spacial score (nSPS) is 11.1. The molecule has 1 aromatic carbocycles. The Morgan fingerprint density at radius 3 is 2.41 bits per heavy atom. The summed E-state index contributed by atoms with van der Waals surface area (Å²) in [5.74, 6) is -0.792. The van der Waals surface area contributed by atoms with E-state index in [4.69, 9.17) is 5.11 Å². The molecule has 1 aromatic rings. The highest BCUT2D eigenvalue weighted by molar-refractivity contribution is 7.99. The number of hydrogen-bond donors (Lipinski definition) is 1. The van der Waals surface area contributed by atoms with Crippen LogP contribution in [0.25, 0.3) is 0 Å². The quantitative estimate of drug-likeness (QED) is 0.791. The van der Waals surface area contributed by atoms with Gasteiger partial charge in [-0.3, -0.25) is 9.69 Å². The van der Waals surface area contributed by atoms with Crippen LogP contribution >= 0.6 is 11.8 Å². The van der Waals surface area contributed by atoms with Crippen molar-refractivity contribution in [2.24, 2.45) is 0 Å². The van der Waals surface area contributed by atoms with Gasteiger partial charge in [0, 0.05) is 16.7 Å². The number of hydrogen-bond acceptors (Lipinski definition) is 3. The van der Waals surface area contributed by atoms with Gasteiger partial charge < -0.3 is 5.11 Å². The van der Waals surface area contributed by atoms with Crippen LogP contribution in [0.2, 0.25) is 0 Å². The summed E-state index contributed by atoms with van der Waals surface area (Å²) in [6.07, 6.45) is 0. The number of thioether (sulfide) groups is 1. The second-order valence-corrected chi connectivity index (χ2v) is 6.03. The summed E-state index contributed by atoms with van der Waals surface area (Å²) in [6.45, 7) is 5.07. The van der Waals surface area contributed by atoms with E-state index in [1.54, 1.807) is 4.90 Å². The topological polar surface area (TPSA) is 40.5 Å². The van der Waals surface area contributed by atoms with Crippen LogP contribution in [-0.4, -0.2) is 34.8 Å². The van der Waals surface area contributed by atoms with Gasteiger partial charge in [0.1, 0.15) is 0 Å². The van der Waals surface area contributed by atoms with Crippen LogP contribution in [0.3, 0.4) is 0 Å². The molecule has 0 spiro atoms. The number of nitrogens with zero attached hydrogens (tertiary/aromatic N) is 1. The molecule has 0 aliphatic carbocycles. The van der Waals surface area contributed by atoms with Crippen molar-refractivity contribution in [1.29, 1.82) is 0 Å². The molecular weight excluding hydrogens is 234 g/mol. The van der Waals surface area contributed by atoms with E-state index in [2.05, 4.69) is 38.1 Å². The highest BCUT2D eigenvalue weighted by atomic mass is 32.2. The van der Waals surface area contributed by atoms with Crippen molar-refractivity contribution in [3.8, 4) is 0 Å². The molecular formula is C13H19NO2S. The average Bonchev–Trinajstić information content (AvgIpc) is 2.18. The number of carboxylic acids is 1. The molecule has 3 nitrogen and oxygen atoms in total. The number of benzene rings is 1. The van der Waals surface area contributed by atoms with E-state index in [1.165, 1.54) is 4.90 Å². The Labute approximate surface area is 107 Å². The van der Waals surface area contributed by atoms with Crippen molar-refractivity contribution in [2.75, 3.05) is 13.6 Å². The summed E-state index contributed by atoms with van der Waals surface area (Å²) >= 11 is 1.83. The maximum Gasteiger partial charge on any atom is 0.317 e. The Bertz CT molecular complexity index is 362. The van der Waals surface area contributed by atoms with Gasteiger partial charge in [-0.1, -0.05) is 26.0 Å². The number of aliphatic carboxylic acids is 1. The maximum atomic E-state index is 10.5. The first-order valence-electron chi connectivity index (χ1n) is 5.63. The fraction of sp³-hybridized carbons (Fsp3) is 0.462. The van der Waals surface area contributed by atoms with Gasteiger partial charge in [0.2, 0.25) is 0 Å². The minimum absolute atomic E-state index is 0.0719. The van der Waals surface area contributed by atoms with Gasteiger partial charge in [0.05, 0.1) is 6.54 Å². The summed E-state index contributed by atoms with van der Waals surface area (Å²) in [6, 6.07) is 8.30. The van der Waals surface area contributed by atoms with Crippen LogP contribution in [-0.2, 0) is 11.3 Å². The van der Waals surface area contributed by atoms with Crippen molar-refractivity contribution in [3.63, 3.8) is 0 Å². The van der Waals surface area contributed by atoms with Crippen LogP contribution < -0.4 is 0 Å². The standard InChI is InChI=1S/C13H19NO2S/c1-10(2)17-12-6-4-11(5-7-12)8-14(3)9-13(15)16/h4-7,10H,8-9H2,1-3H3,(H,15,16). The van der Waals surface area contributed by atoms with Gasteiger partial charge in [0.25, 0.3) is 0 Å². The predicted molar refractivity (Wildman–Crippen MR) is 71.4 cm³/mol. The van der Waals surface area contributed by atoms with E-state index in [0.29, 0.717) is 11.8 Å². The number of carbonyl (C=O) groups is 1. The largest absolute Gasteiger partial charge is 0.480 e. The van der Waals surface area contributed by atoms with Crippen LogP contribution in [0, 0.1) is 0 Å². The zero-order valence-corrected chi connectivity index (χ0v) is 11.3. The molecule has 1 rings (SSSR count). The Kier molecular flexibility index (Phi) is 5.51. The molecule has 0 amide bonds. The van der Waals surface area contributed by atoms with Gasteiger partial charge in [-0.2, -0.15) is 0 Å². The predicted octanol–water partition coefficient (Wildman–Crippen LogP) is 2.70. The smallest absolute Gasteiger partial charge is 0.317 e. The summed E-state index contributed by atoms with van der Waals surface area (Å²) in [5, 5.41) is 9.24. The number of rotatable bonds is 6. The summed E-state index contributed by atoms with van der Waals surface area (Å²) in [7, 11) is 1.81. The lowest BCUT2D eigenvalue weighted by Crippen LogP contribution is -2.25. The van der Waals surface area contributed by atoms with Gasteiger partial charge in [-0.15, -0.1) is 11.8 Å². The van der Waals surface area contributed by atoms with Gasteiger partial charge in [-0.05, 0) is 24.7 Å². The molecule has 0 saturated heterocycles. The maximum absolute atomic E-state index is 10.5. The molecule has 94 valence electrons. The highest BCUT2D eigenvalue weighted by Crippen LogP contribution is 2.23. The Hall–Kier alpha value is -1.00. The van der Waals surface area contributed by atoms with E-state index in [1.807, 2.05) is 18.8 Å². The lowest BCUT2D eigenvalue weighted by Gasteiger charge is -2.14. The van der Waals surface area contributed by atoms with Gasteiger partial charge in [-0.25, -0.2) is 0 Å². The Morgan fingerprint density at radius 2 is 1.94 bits per heavy atom. The van der Waals surface area contributed by atoms with Crippen molar-refractivity contribution in [3.05, 3.63) is 29.8 Å². The minimum atomic E-state index is -0.792. The van der Waals surface area contributed by atoms with E-state index in [-0.39, 0.29) is 6.54 Å². The van der Waals surface area contributed by atoms with Crippen LogP contribution in [0.4, 0.5) is 0 Å². The van der Waals surface area contributed by atoms with Crippen molar-refractivity contribution < 1.29 is 9.90 Å². The van der Waals surface area contributed by atoms with Gasteiger partial charge in [0.15, 0.2) is 0 Å². The molecule has 0 aliphatic heterocycles. The highest BCUT2D eigenvalue weighted by Gasteiger charge is 2.05. The molecule has 0 heterocycles. The second-order valence-electron chi connectivity index (χ2n) is 4.38. The van der Waals surface area contributed by atoms with Crippen molar-refractivity contribution >= 4 is 17.7 Å². The van der Waals surface area contributed by atoms with Crippen LogP contribution in [0.1, 0.15) is 19.4 Å². The fourth-order valence-electron chi connectivity index (χ4n) is 1.54. The summed E-state index contributed by atoms with van der Waals surface area (Å²) in [5.41, 5.74) is 1.14. The molecule has 0 saturated carbocycles. The lowest BCUT2D eigenvalue weighted by atomic mass is 10.2. The zero-order valence-electron chi connectivity index (χ0n) is 10.5. The first-order valence-corrected chi connectivity index (χ1v) is 6.51. The SMILES string of the molecule is CC(C)Sc1ccc(CN(C)CC(=O)O)cc1.